The van der Waals surface area contributed by atoms with Crippen LogP contribution in [0, 0.1) is 6.92 Å². The molecule has 2 heterocycles. The number of aryl methyl sites for hydroxylation is 1. The van der Waals surface area contributed by atoms with E-state index in [2.05, 4.69) is 15.4 Å². The molecule has 0 saturated heterocycles. The van der Waals surface area contributed by atoms with E-state index in [9.17, 15) is 4.79 Å². The third kappa shape index (κ3) is 4.38. The lowest BCUT2D eigenvalue weighted by Gasteiger charge is -2.14. The Hall–Kier alpha value is -3.58. The highest BCUT2D eigenvalue weighted by Gasteiger charge is 2.17. The number of hydrogen-bond donors (Lipinski definition) is 1. The van der Waals surface area contributed by atoms with E-state index in [1.807, 2.05) is 18.5 Å². The largest absolute Gasteiger partial charge is 0.497 e. The third-order valence-electron chi connectivity index (χ3n) is 4.97. The van der Waals surface area contributed by atoms with E-state index >= 15 is 0 Å². The standard InChI is InChI=1S/C24H23ClN4O3/c1-14(2)29-23-16(13-26-29)11-20(15(3)27-23)24(30)28-21-12-17(25)5-10-22(21)32-19-8-6-18(31-4)7-9-19/h5-14H,1-4H3,(H,28,30). The molecule has 4 aromatic rings. The van der Waals surface area contributed by atoms with Crippen LogP contribution in [0.1, 0.15) is 35.9 Å². The maximum atomic E-state index is 13.1. The summed E-state index contributed by atoms with van der Waals surface area (Å²) in [6.07, 6.45) is 1.72. The summed E-state index contributed by atoms with van der Waals surface area (Å²) in [5.41, 5.74) is 2.27. The maximum Gasteiger partial charge on any atom is 0.257 e. The van der Waals surface area contributed by atoms with Gasteiger partial charge in [0.15, 0.2) is 11.4 Å². The number of carbonyl (C=O) groups excluding carboxylic acids is 1. The number of nitrogens with one attached hydrogen (secondary N) is 1. The van der Waals surface area contributed by atoms with Gasteiger partial charge in [0, 0.05) is 16.5 Å². The number of rotatable bonds is 6. The van der Waals surface area contributed by atoms with Crippen molar-refractivity contribution >= 4 is 34.2 Å². The Kier molecular flexibility index (Phi) is 6.01. The minimum Gasteiger partial charge on any atom is -0.497 e. The van der Waals surface area contributed by atoms with Gasteiger partial charge in [0.25, 0.3) is 5.91 Å². The van der Waals surface area contributed by atoms with Gasteiger partial charge in [0.1, 0.15) is 11.5 Å². The van der Waals surface area contributed by atoms with Crippen molar-refractivity contribution < 1.29 is 14.3 Å². The Balaban J connectivity index is 1.63. The van der Waals surface area contributed by atoms with E-state index < -0.39 is 0 Å². The van der Waals surface area contributed by atoms with Gasteiger partial charge >= 0.3 is 0 Å². The molecule has 1 amide bonds. The minimum atomic E-state index is -0.309. The topological polar surface area (TPSA) is 78.3 Å². The molecule has 164 valence electrons. The molecule has 0 unspecified atom stereocenters. The summed E-state index contributed by atoms with van der Waals surface area (Å²) in [4.78, 5) is 17.7. The van der Waals surface area contributed by atoms with Crippen molar-refractivity contribution in [3.63, 3.8) is 0 Å². The lowest BCUT2D eigenvalue weighted by Crippen LogP contribution is -2.15. The molecule has 0 aliphatic carbocycles. The number of methoxy groups -OCH3 is 1. The summed E-state index contributed by atoms with van der Waals surface area (Å²) in [5, 5.41) is 8.57. The number of pyridine rings is 1. The maximum absolute atomic E-state index is 13.1. The summed E-state index contributed by atoms with van der Waals surface area (Å²) in [7, 11) is 1.60. The van der Waals surface area contributed by atoms with Gasteiger partial charge in [0.2, 0.25) is 0 Å². The average Bonchev–Trinajstić information content (AvgIpc) is 3.18. The molecular formula is C24H23ClN4O3. The lowest BCUT2D eigenvalue weighted by molar-refractivity contribution is 0.102. The first-order valence-electron chi connectivity index (χ1n) is 10.1. The van der Waals surface area contributed by atoms with Crippen LogP contribution in [0.15, 0.2) is 54.7 Å². The van der Waals surface area contributed by atoms with Crippen molar-refractivity contribution in [3.8, 4) is 17.2 Å². The molecule has 0 spiro atoms. The molecule has 0 atom stereocenters. The van der Waals surface area contributed by atoms with Gasteiger partial charge < -0.3 is 14.8 Å². The molecule has 4 rings (SSSR count). The van der Waals surface area contributed by atoms with Crippen LogP contribution in [0.2, 0.25) is 5.02 Å². The Bertz CT molecular complexity index is 1280. The molecule has 0 saturated carbocycles. The smallest absolute Gasteiger partial charge is 0.257 e. The fourth-order valence-corrected chi connectivity index (χ4v) is 3.49. The average molecular weight is 451 g/mol. The number of hydrogen-bond acceptors (Lipinski definition) is 5. The first-order valence-corrected chi connectivity index (χ1v) is 10.5. The van der Waals surface area contributed by atoms with Gasteiger partial charge in [-0.15, -0.1) is 0 Å². The van der Waals surface area contributed by atoms with Gasteiger partial charge in [-0.25, -0.2) is 9.67 Å². The van der Waals surface area contributed by atoms with Crippen LogP contribution in [0.4, 0.5) is 5.69 Å². The molecular weight excluding hydrogens is 428 g/mol. The van der Waals surface area contributed by atoms with E-state index in [4.69, 9.17) is 21.1 Å². The van der Waals surface area contributed by atoms with Crippen molar-refractivity contribution in [1.29, 1.82) is 0 Å². The number of amides is 1. The van der Waals surface area contributed by atoms with Gasteiger partial charge in [-0.2, -0.15) is 5.10 Å². The summed E-state index contributed by atoms with van der Waals surface area (Å²) in [5.74, 6) is 1.48. The van der Waals surface area contributed by atoms with Gasteiger partial charge in [-0.3, -0.25) is 4.79 Å². The summed E-state index contributed by atoms with van der Waals surface area (Å²) in [6, 6.07) is 14.2. The van der Waals surface area contributed by atoms with Crippen molar-refractivity contribution in [2.45, 2.75) is 26.8 Å². The van der Waals surface area contributed by atoms with Crippen LogP contribution >= 0.6 is 11.6 Å². The Morgan fingerprint density at radius 3 is 2.50 bits per heavy atom. The number of anilines is 1. The summed E-state index contributed by atoms with van der Waals surface area (Å²) < 4.78 is 13.0. The number of nitrogens with zero attached hydrogens (tertiary/aromatic N) is 3. The third-order valence-corrected chi connectivity index (χ3v) is 5.21. The molecule has 0 fully saturated rings. The molecule has 32 heavy (non-hydrogen) atoms. The van der Waals surface area contributed by atoms with Crippen molar-refractivity contribution in [1.82, 2.24) is 14.8 Å². The van der Waals surface area contributed by atoms with E-state index in [-0.39, 0.29) is 11.9 Å². The van der Waals surface area contributed by atoms with Crippen LogP contribution in [0.25, 0.3) is 11.0 Å². The Morgan fingerprint density at radius 1 is 1.09 bits per heavy atom. The molecule has 0 bridgehead atoms. The predicted molar refractivity (Wildman–Crippen MR) is 125 cm³/mol. The lowest BCUT2D eigenvalue weighted by atomic mass is 10.1. The second-order valence-corrected chi connectivity index (χ2v) is 8.03. The van der Waals surface area contributed by atoms with Gasteiger partial charge in [-0.1, -0.05) is 11.6 Å². The van der Waals surface area contributed by atoms with Crippen LogP contribution in [0.3, 0.4) is 0 Å². The van der Waals surface area contributed by atoms with Gasteiger partial charge in [0.05, 0.1) is 30.3 Å². The normalized spacial score (nSPS) is 11.1. The molecule has 2 aromatic heterocycles. The van der Waals surface area contributed by atoms with E-state index in [0.29, 0.717) is 33.5 Å². The SMILES string of the molecule is COc1ccc(Oc2ccc(Cl)cc2NC(=O)c2cc3cnn(C(C)C)c3nc2C)cc1. The summed E-state index contributed by atoms with van der Waals surface area (Å²) in [6.45, 7) is 5.87. The molecule has 0 aliphatic rings. The molecule has 1 N–H and O–H groups in total. The zero-order valence-electron chi connectivity index (χ0n) is 18.2. The Labute approximate surface area is 190 Å². The monoisotopic (exact) mass is 450 g/mol. The number of carbonyl (C=O) groups is 1. The molecule has 7 nitrogen and oxygen atoms in total. The van der Waals surface area contributed by atoms with Crippen LogP contribution in [-0.2, 0) is 0 Å². The second-order valence-electron chi connectivity index (χ2n) is 7.59. The van der Waals surface area contributed by atoms with Crippen molar-refractivity contribution in [2.75, 3.05) is 12.4 Å². The number of halogens is 1. The van der Waals surface area contributed by atoms with Crippen LogP contribution < -0.4 is 14.8 Å². The van der Waals surface area contributed by atoms with Crippen LogP contribution in [-0.4, -0.2) is 27.8 Å². The first-order chi connectivity index (χ1) is 15.4. The predicted octanol–water partition coefficient (Wildman–Crippen LogP) is 6.03. The number of aromatic nitrogens is 3. The second kappa shape index (κ2) is 8.88. The number of ether oxygens (including phenoxy) is 2. The van der Waals surface area contributed by atoms with E-state index in [1.54, 1.807) is 68.8 Å². The fraction of sp³-hybridized carbons (Fsp3) is 0.208. The van der Waals surface area contributed by atoms with Gasteiger partial charge in [-0.05, 0) is 69.3 Å². The fourth-order valence-electron chi connectivity index (χ4n) is 3.32. The highest BCUT2D eigenvalue weighted by Crippen LogP contribution is 2.33. The van der Waals surface area contributed by atoms with Crippen molar-refractivity contribution in [2.24, 2.45) is 0 Å². The van der Waals surface area contributed by atoms with E-state index in [1.165, 1.54) is 0 Å². The molecule has 2 aromatic carbocycles. The summed E-state index contributed by atoms with van der Waals surface area (Å²) >= 11 is 6.18. The number of fused-ring (bicyclic) bond motifs is 1. The van der Waals surface area contributed by atoms with Crippen molar-refractivity contribution in [3.05, 3.63) is 71.0 Å². The molecule has 8 heteroatoms. The molecule has 0 aliphatic heterocycles. The minimum absolute atomic E-state index is 0.170. The highest BCUT2D eigenvalue weighted by molar-refractivity contribution is 6.31. The first kappa shape index (κ1) is 21.6. The quantitative estimate of drug-likeness (QED) is 0.388. The zero-order valence-corrected chi connectivity index (χ0v) is 19.0. The highest BCUT2D eigenvalue weighted by atomic mass is 35.5. The van der Waals surface area contributed by atoms with E-state index in [0.717, 1.165) is 16.8 Å². The molecule has 0 radical (unpaired) electrons. The Morgan fingerprint density at radius 2 is 1.81 bits per heavy atom. The number of benzene rings is 2. The van der Waals surface area contributed by atoms with Crippen LogP contribution in [0.5, 0.6) is 17.2 Å². The zero-order chi connectivity index (χ0) is 22.8.